The summed E-state index contributed by atoms with van der Waals surface area (Å²) in [6.07, 6.45) is 5.07. The van der Waals surface area contributed by atoms with Crippen LogP contribution in [0.4, 0.5) is 0 Å². The molecule has 0 spiro atoms. The van der Waals surface area contributed by atoms with Gasteiger partial charge in [0.2, 0.25) is 15.9 Å². The van der Waals surface area contributed by atoms with E-state index in [1.165, 1.54) is 17.0 Å². The van der Waals surface area contributed by atoms with Crippen molar-refractivity contribution in [2.24, 2.45) is 11.8 Å². The molecule has 0 aromatic rings. The Kier molecular flexibility index (Phi) is 4.50. The second-order valence-electron chi connectivity index (χ2n) is 5.99. The molecule has 6 heteroatoms. The highest BCUT2D eigenvalue weighted by Crippen LogP contribution is 2.23. The normalized spacial score (nSPS) is 30.3. The summed E-state index contributed by atoms with van der Waals surface area (Å²) in [7, 11) is -3.17. The number of piperidine rings is 2. The Bertz CT molecular complexity index is 435. The third-order valence-electron chi connectivity index (χ3n) is 4.17. The van der Waals surface area contributed by atoms with Gasteiger partial charge in [-0.25, -0.2) is 12.7 Å². The van der Waals surface area contributed by atoms with Crippen LogP contribution >= 0.6 is 0 Å². The molecule has 2 aliphatic rings. The van der Waals surface area contributed by atoms with Crippen LogP contribution in [0, 0.1) is 11.8 Å². The van der Waals surface area contributed by atoms with Gasteiger partial charge in [-0.2, -0.15) is 0 Å². The monoisotopic (exact) mass is 288 g/mol. The lowest BCUT2D eigenvalue weighted by Gasteiger charge is -2.36. The zero-order chi connectivity index (χ0) is 14.0. The minimum atomic E-state index is -3.17. The Morgan fingerprint density at radius 2 is 1.79 bits per heavy atom. The summed E-state index contributed by atoms with van der Waals surface area (Å²) < 4.78 is 24.6. The first-order chi connectivity index (χ1) is 8.88. The van der Waals surface area contributed by atoms with Gasteiger partial charge in [-0.15, -0.1) is 0 Å². The summed E-state index contributed by atoms with van der Waals surface area (Å²) in [5, 5.41) is 0. The summed E-state index contributed by atoms with van der Waals surface area (Å²) in [6, 6.07) is 0. The van der Waals surface area contributed by atoms with Crippen LogP contribution in [0.1, 0.15) is 32.6 Å². The van der Waals surface area contributed by atoms with Crippen molar-refractivity contribution in [2.75, 3.05) is 32.4 Å². The fourth-order valence-corrected chi connectivity index (χ4v) is 4.00. The maximum absolute atomic E-state index is 12.5. The molecule has 2 rings (SSSR count). The summed E-state index contributed by atoms with van der Waals surface area (Å²) in [5.74, 6) is 0.570. The predicted molar refractivity (Wildman–Crippen MR) is 74.1 cm³/mol. The molecule has 0 aromatic carbocycles. The zero-order valence-electron chi connectivity index (χ0n) is 11.8. The van der Waals surface area contributed by atoms with Gasteiger partial charge >= 0.3 is 0 Å². The molecule has 2 heterocycles. The molecule has 5 nitrogen and oxygen atoms in total. The van der Waals surface area contributed by atoms with Gasteiger partial charge in [-0.05, 0) is 31.6 Å². The molecule has 2 fully saturated rings. The molecule has 0 N–H and O–H groups in total. The molecule has 2 saturated heterocycles. The van der Waals surface area contributed by atoms with Crippen LogP contribution in [-0.4, -0.2) is 56.0 Å². The molecule has 0 aliphatic carbocycles. The van der Waals surface area contributed by atoms with E-state index in [2.05, 4.69) is 6.92 Å². The second-order valence-corrected chi connectivity index (χ2v) is 7.97. The lowest BCUT2D eigenvalue weighted by Crippen LogP contribution is -2.48. The van der Waals surface area contributed by atoms with E-state index in [-0.39, 0.29) is 11.8 Å². The van der Waals surface area contributed by atoms with Crippen molar-refractivity contribution < 1.29 is 13.2 Å². The zero-order valence-corrected chi connectivity index (χ0v) is 12.7. The average molecular weight is 288 g/mol. The van der Waals surface area contributed by atoms with Crippen LogP contribution in [0.2, 0.25) is 0 Å². The Labute approximate surface area is 116 Å². The number of rotatable bonds is 2. The van der Waals surface area contributed by atoms with Crippen LogP contribution in [0.3, 0.4) is 0 Å². The molecule has 0 bridgehead atoms. The number of nitrogens with zero attached hydrogens (tertiary/aromatic N) is 2. The van der Waals surface area contributed by atoms with Crippen LogP contribution in [0.25, 0.3) is 0 Å². The van der Waals surface area contributed by atoms with E-state index in [0.717, 1.165) is 32.4 Å². The predicted octanol–water partition coefficient (Wildman–Crippen LogP) is 0.917. The minimum absolute atomic E-state index is 0.145. The van der Waals surface area contributed by atoms with E-state index in [1.54, 1.807) is 0 Å². The number of likely N-dealkylation sites (tertiary alicyclic amines) is 1. The summed E-state index contributed by atoms with van der Waals surface area (Å²) in [5.41, 5.74) is 0. The van der Waals surface area contributed by atoms with Crippen molar-refractivity contribution in [2.45, 2.75) is 32.6 Å². The van der Waals surface area contributed by atoms with Gasteiger partial charge in [0.1, 0.15) is 0 Å². The molecule has 2 aliphatic heterocycles. The van der Waals surface area contributed by atoms with Crippen molar-refractivity contribution in [1.82, 2.24) is 9.21 Å². The quantitative estimate of drug-likeness (QED) is 0.759. The van der Waals surface area contributed by atoms with E-state index < -0.39 is 10.0 Å². The molecule has 110 valence electrons. The van der Waals surface area contributed by atoms with Gasteiger partial charge in [0.15, 0.2) is 0 Å². The van der Waals surface area contributed by atoms with Gasteiger partial charge in [0.05, 0.1) is 12.2 Å². The maximum atomic E-state index is 12.5. The molecule has 0 aromatic heterocycles. The van der Waals surface area contributed by atoms with Crippen LogP contribution < -0.4 is 0 Å². The summed E-state index contributed by atoms with van der Waals surface area (Å²) in [6.45, 7) is 4.75. The van der Waals surface area contributed by atoms with Gasteiger partial charge in [-0.3, -0.25) is 4.79 Å². The molecule has 19 heavy (non-hydrogen) atoms. The summed E-state index contributed by atoms with van der Waals surface area (Å²) >= 11 is 0. The Hall–Kier alpha value is -0.620. The lowest BCUT2D eigenvalue weighted by molar-refractivity contribution is -0.138. The number of hydrogen-bond donors (Lipinski definition) is 0. The first-order valence-corrected chi connectivity index (χ1v) is 8.96. The number of hydrogen-bond acceptors (Lipinski definition) is 3. The van der Waals surface area contributed by atoms with Gasteiger partial charge < -0.3 is 4.90 Å². The fraction of sp³-hybridized carbons (Fsp3) is 0.923. The standard InChI is InChI=1S/C13H24N2O3S/c1-11-5-3-7-14(9-11)13(16)12-6-4-8-15(10-12)19(2,17)18/h11-12H,3-10H2,1-2H3/t11-,12-/m1/s1. The highest BCUT2D eigenvalue weighted by molar-refractivity contribution is 7.88. The topological polar surface area (TPSA) is 57.7 Å². The highest BCUT2D eigenvalue weighted by atomic mass is 32.2. The Morgan fingerprint density at radius 3 is 2.42 bits per heavy atom. The molecule has 0 unspecified atom stereocenters. The van der Waals surface area contributed by atoms with Crippen LogP contribution in [0.15, 0.2) is 0 Å². The van der Waals surface area contributed by atoms with E-state index in [4.69, 9.17) is 0 Å². The minimum Gasteiger partial charge on any atom is -0.342 e. The second kappa shape index (κ2) is 5.79. The number of carbonyl (C=O) groups excluding carboxylic acids is 1. The maximum Gasteiger partial charge on any atom is 0.227 e. The molecule has 1 amide bonds. The van der Waals surface area contributed by atoms with Crippen molar-refractivity contribution >= 4 is 15.9 Å². The molecule has 0 radical (unpaired) electrons. The van der Waals surface area contributed by atoms with Crippen molar-refractivity contribution in [3.05, 3.63) is 0 Å². The average Bonchev–Trinajstić information content (AvgIpc) is 2.37. The van der Waals surface area contributed by atoms with E-state index in [9.17, 15) is 13.2 Å². The molecule has 2 atom stereocenters. The number of sulfonamides is 1. The van der Waals surface area contributed by atoms with Gasteiger partial charge in [0.25, 0.3) is 0 Å². The fourth-order valence-electron chi connectivity index (χ4n) is 3.09. The SMILES string of the molecule is C[C@@H]1CCCN(C(=O)[C@@H]2CCCN(S(C)(=O)=O)C2)C1. The largest absolute Gasteiger partial charge is 0.342 e. The third kappa shape index (κ3) is 3.69. The van der Waals surface area contributed by atoms with Crippen LogP contribution in [-0.2, 0) is 14.8 Å². The lowest BCUT2D eigenvalue weighted by atomic mass is 9.94. The number of amides is 1. The summed E-state index contributed by atoms with van der Waals surface area (Å²) in [4.78, 5) is 14.4. The van der Waals surface area contributed by atoms with Gasteiger partial charge in [0, 0.05) is 26.2 Å². The molecule has 0 saturated carbocycles. The Morgan fingerprint density at radius 1 is 1.11 bits per heavy atom. The first kappa shape index (κ1) is 14.8. The van der Waals surface area contributed by atoms with E-state index >= 15 is 0 Å². The highest BCUT2D eigenvalue weighted by Gasteiger charge is 2.33. The molecular formula is C13H24N2O3S. The Balaban J connectivity index is 1.99. The van der Waals surface area contributed by atoms with E-state index in [1.807, 2.05) is 4.90 Å². The van der Waals surface area contributed by atoms with Gasteiger partial charge in [-0.1, -0.05) is 6.92 Å². The smallest absolute Gasteiger partial charge is 0.227 e. The first-order valence-electron chi connectivity index (χ1n) is 7.12. The van der Waals surface area contributed by atoms with Crippen LogP contribution in [0.5, 0.6) is 0 Å². The third-order valence-corrected chi connectivity index (χ3v) is 5.44. The van der Waals surface area contributed by atoms with E-state index in [0.29, 0.717) is 19.0 Å². The number of carbonyl (C=O) groups is 1. The van der Waals surface area contributed by atoms with Crippen molar-refractivity contribution in [3.63, 3.8) is 0 Å². The van der Waals surface area contributed by atoms with Crippen molar-refractivity contribution in [3.8, 4) is 0 Å². The van der Waals surface area contributed by atoms with Crippen molar-refractivity contribution in [1.29, 1.82) is 0 Å². The molecular weight excluding hydrogens is 264 g/mol.